The second-order valence-electron chi connectivity index (χ2n) is 6.24. The molecule has 5 heteroatoms. The van der Waals surface area contributed by atoms with E-state index in [1.807, 2.05) is 9.80 Å². The minimum atomic E-state index is -0.182. The first-order valence-corrected chi connectivity index (χ1v) is 8.62. The van der Waals surface area contributed by atoms with Crippen molar-refractivity contribution in [2.45, 2.75) is 77.3 Å². The molecule has 0 bridgehead atoms. The predicted molar refractivity (Wildman–Crippen MR) is 88.7 cm³/mol. The zero-order valence-electron chi connectivity index (χ0n) is 15.3. The maximum atomic E-state index is 13.1. The Bertz CT molecular complexity index is 332. The molecule has 0 saturated carbocycles. The van der Waals surface area contributed by atoms with Crippen molar-refractivity contribution < 1.29 is 14.3 Å². The van der Waals surface area contributed by atoms with Crippen LogP contribution < -0.4 is 0 Å². The van der Waals surface area contributed by atoms with Crippen LogP contribution in [0.2, 0.25) is 0 Å². The highest BCUT2D eigenvalue weighted by Gasteiger charge is 2.63. The maximum absolute atomic E-state index is 13.1. The Labute approximate surface area is 135 Å². The van der Waals surface area contributed by atoms with Crippen molar-refractivity contribution in [2.75, 3.05) is 27.7 Å². The molecular formula is C17H34N2O3. The van der Waals surface area contributed by atoms with Crippen LogP contribution in [0.1, 0.15) is 66.2 Å². The number of urea groups is 1. The van der Waals surface area contributed by atoms with Crippen LogP contribution in [0.4, 0.5) is 4.79 Å². The van der Waals surface area contributed by atoms with Gasteiger partial charge in [-0.15, -0.1) is 0 Å². The van der Waals surface area contributed by atoms with Gasteiger partial charge in [0, 0.05) is 14.2 Å². The number of carbonyl (C=O) groups excluding carboxylic acids is 1. The lowest BCUT2D eigenvalue weighted by molar-refractivity contribution is -0.0399. The summed E-state index contributed by atoms with van der Waals surface area (Å²) in [6, 6.07) is 0.0503. The summed E-state index contributed by atoms with van der Waals surface area (Å²) in [5.74, 6) is 0. The Kier molecular flexibility index (Phi) is 7.13. The maximum Gasteiger partial charge on any atom is 0.324 e. The lowest BCUT2D eigenvalue weighted by Gasteiger charge is -2.50. The van der Waals surface area contributed by atoms with Crippen molar-refractivity contribution in [1.82, 2.24) is 9.80 Å². The summed E-state index contributed by atoms with van der Waals surface area (Å²) >= 11 is 0. The molecular weight excluding hydrogens is 280 g/mol. The SMILES string of the molecule is CCCC1(CC)N(COC)C(=O)N(COC)C1(CC)CCC. The summed E-state index contributed by atoms with van der Waals surface area (Å²) in [5.41, 5.74) is -0.365. The Morgan fingerprint density at radius 3 is 1.41 bits per heavy atom. The molecule has 1 heterocycles. The molecule has 5 nitrogen and oxygen atoms in total. The van der Waals surface area contributed by atoms with Crippen molar-refractivity contribution in [3.05, 3.63) is 0 Å². The minimum Gasteiger partial charge on any atom is -0.364 e. The number of hydrogen-bond donors (Lipinski definition) is 0. The summed E-state index contributed by atoms with van der Waals surface area (Å²) in [6.07, 6.45) is 5.95. The third-order valence-corrected chi connectivity index (χ3v) is 5.37. The average molecular weight is 314 g/mol. The van der Waals surface area contributed by atoms with Gasteiger partial charge in [0.15, 0.2) is 0 Å². The van der Waals surface area contributed by atoms with E-state index in [0.717, 1.165) is 38.5 Å². The van der Waals surface area contributed by atoms with Crippen LogP contribution in [0.5, 0.6) is 0 Å². The number of methoxy groups -OCH3 is 2. The van der Waals surface area contributed by atoms with Crippen LogP contribution in [-0.2, 0) is 9.47 Å². The first-order chi connectivity index (χ1) is 10.5. The van der Waals surface area contributed by atoms with Crippen LogP contribution in [0.25, 0.3) is 0 Å². The van der Waals surface area contributed by atoms with Crippen LogP contribution in [0.3, 0.4) is 0 Å². The van der Waals surface area contributed by atoms with E-state index in [1.54, 1.807) is 14.2 Å². The number of rotatable bonds is 10. The molecule has 130 valence electrons. The number of carbonyl (C=O) groups is 1. The minimum absolute atomic E-state index is 0.0503. The molecule has 22 heavy (non-hydrogen) atoms. The highest BCUT2D eigenvalue weighted by Crippen LogP contribution is 2.51. The monoisotopic (exact) mass is 314 g/mol. The molecule has 0 aromatic rings. The highest BCUT2D eigenvalue weighted by molar-refractivity contribution is 5.80. The van der Waals surface area contributed by atoms with Crippen LogP contribution in [-0.4, -0.2) is 54.6 Å². The van der Waals surface area contributed by atoms with E-state index in [-0.39, 0.29) is 17.1 Å². The fourth-order valence-corrected chi connectivity index (χ4v) is 4.59. The number of hydrogen-bond acceptors (Lipinski definition) is 3. The van der Waals surface area contributed by atoms with E-state index >= 15 is 0 Å². The lowest BCUT2D eigenvalue weighted by atomic mass is 9.68. The predicted octanol–water partition coefficient (Wildman–Crippen LogP) is 3.83. The molecule has 2 unspecified atom stereocenters. The van der Waals surface area contributed by atoms with Gasteiger partial charge >= 0.3 is 6.03 Å². The van der Waals surface area contributed by atoms with Gasteiger partial charge in [-0.3, -0.25) is 9.80 Å². The van der Waals surface area contributed by atoms with Crippen molar-refractivity contribution >= 4 is 6.03 Å². The van der Waals surface area contributed by atoms with E-state index in [4.69, 9.17) is 9.47 Å². The molecule has 1 saturated heterocycles. The molecule has 0 aliphatic carbocycles. The number of ether oxygens (including phenoxy) is 2. The first-order valence-electron chi connectivity index (χ1n) is 8.62. The Hall–Kier alpha value is -0.810. The Morgan fingerprint density at radius 2 is 1.18 bits per heavy atom. The van der Waals surface area contributed by atoms with Gasteiger partial charge in [0.05, 0.1) is 11.1 Å². The fourth-order valence-electron chi connectivity index (χ4n) is 4.59. The number of nitrogens with zero attached hydrogens (tertiary/aromatic N) is 2. The van der Waals surface area contributed by atoms with Gasteiger partial charge in [-0.25, -0.2) is 4.79 Å². The van der Waals surface area contributed by atoms with Gasteiger partial charge in [0.2, 0.25) is 0 Å². The molecule has 0 radical (unpaired) electrons. The third-order valence-electron chi connectivity index (χ3n) is 5.37. The van der Waals surface area contributed by atoms with Crippen molar-refractivity contribution in [2.24, 2.45) is 0 Å². The topological polar surface area (TPSA) is 42.0 Å². The van der Waals surface area contributed by atoms with Crippen molar-refractivity contribution in [1.29, 1.82) is 0 Å². The van der Waals surface area contributed by atoms with Gasteiger partial charge in [0.25, 0.3) is 0 Å². The molecule has 1 fully saturated rings. The molecule has 0 spiro atoms. The van der Waals surface area contributed by atoms with Crippen molar-refractivity contribution in [3.8, 4) is 0 Å². The summed E-state index contributed by atoms with van der Waals surface area (Å²) in [5, 5.41) is 0. The first kappa shape index (κ1) is 19.2. The van der Waals surface area contributed by atoms with Crippen molar-refractivity contribution in [3.63, 3.8) is 0 Å². The van der Waals surface area contributed by atoms with Gasteiger partial charge in [-0.05, 0) is 25.7 Å². The van der Waals surface area contributed by atoms with E-state index in [0.29, 0.717) is 13.5 Å². The van der Waals surface area contributed by atoms with Crippen LogP contribution >= 0.6 is 0 Å². The normalized spacial score (nSPS) is 28.7. The zero-order chi connectivity index (χ0) is 16.8. The second-order valence-corrected chi connectivity index (χ2v) is 6.24. The molecule has 1 aliphatic heterocycles. The summed E-state index contributed by atoms with van der Waals surface area (Å²) in [6.45, 7) is 9.47. The zero-order valence-corrected chi connectivity index (χ0v) is 15.3. The van der Waals surface area contributed by atoms with E-state index in [1.165, 1.54) is 0 Å². The molecule has 2 amide bonds. The number of amides is 2. The van der Waals surface area contributed by atoms with Gasteiger partial charge in [-0.2, -0.15) is 0 Å². The van der Waals surface area contributed by atoms with Gasteiger partial charge in [-0.1, -0.05) is 40.5 Å². The average Bonchev–Trinajstić information content (AvgIpc) is 2.70. The standard InChI is InChI=1S/C17H34N2O3/c1-7-11-16(9-3)17(10-4,12-8-2)19(14-22-6)15(20)18(16)13-21-5/h7-14H2,1-6H3. The molecule has 0 aromatic heterocycles. The Balaban J connectivity index is 3.47. The third kappa shape index (κ3) is 2.73. The van der Waals surface area contributed by atoms with Gasteiger partial charge in [0.1, 0.15) is 13.5 Å². The quantitative estimate of drug-likeness (QED) is 0.615. The van der Waals surface area contributed by atoms with E-state index < -0.39 is 0 Å². The summed E-state index contributed by atoms with van der Waals surface area (Å²) in [4.78, 5) is 17.0. The molecule has 2 atom stereocenters. The fraction of sp³-hybridized carbons (Fsp3) is 0.941. The second kappa shape index (κ2) is 8.16. The largest absolute Gasteiger partial charge is 0.364 e. The summed E-state index contributed by atoms with van der Waals surface area (Å²) in [7, 11) is 3.32. The molecule has 0 N–H and O–H groups in total. The molecule has 0 aromatic carbocycles. The van der Waals surface area contributed by atoms with Gasteiger partial charge < -0.3 is 9.47 Å². The smallest absolute Gasteiger partial charge is 0.324 e. The summed E-state index contributed by atoms with van der Waals surface area (Å²) < 4.78 is 10.8. The molecule has 1 rings (SSSR count). The van der Waals surface area contributed by atoms with Crippen LogP contribution in [0, 0.1) is 0 Å². The Morgan fingerprint density at radius 1 is 0.818 bits per heavy atom. The molecule has 1 aliphatic rings. The van der Waals surface area contributed by atoms with Crippen LogP contribution in [0.15, 0.2) is 0 Å². The highest BCUT2D eigenvalue weighted by atomic mass is 16.5. The lowest BCUT2D eigenvalue weighted by Crippen LogP contribution is -2.61. The van der Waals surface area contributed by atoms with E-state index in [9.17, 15) is 4.79 Å². The van der Waals surface area contributed by atoms with E-state index in [2.05, 4.69) is 27.7 Å².